The molecule has 0 aliphatic rings. The zero-order valence-electron chi connectivity index (χ0n) is 17.2. The van der Waals surface area contributed by atoms with Crippen LogP contribution in [0.25, 0.3) is 0 Å². The fourth-order valence-corrected chi connectivity index (χ4v) is 4.25. The second-order valence-electron chi connectivity index (χ2n) is 7.05. The number of rotatable bonds is 10. The molecule has 11 heteroatoms. The van der Waals surface area contributed by atoms with Gasteiger partial charge in [-0.3, -0.25) is 0 Å². The Bertz CT molecular complexity index is 1160. The van der Waals surface area contributed by atoms with Crippen LogP contribution >= 0.6 is 27.5 Å². The van der Waals surface area contributed by atoms with E-state index in [-0.39, 0.29) is 30.0 Å². The first-order valence-corrected chi connectivity index (χ1v) is 12.4. The average Bonchev–Trinajstić information content (AvgIpc) is 2.77. The minimum absolute atomic E-state index is 0.0515. The van der Waals surface area contributed by atoms with Crippen LogP contribution < -0.4 is 15.4 Å². The van der Waals surface area contributed by atoms with Gasteiger partial charge in [-0.15, -0.1) is 0 Å². The molecule has 0 spiro atoms. The minimum atomic E-state index is -3.69. The van der Waals surface area contributed by atoms with Crippen molar-refractivity contribution >= 4 is 55.0 Å². The van der Waals surface area contributed by atoms with Gasteiger partial charge in [0.1, 0.15) is 5.82 Å². The summed E-state index contributed by atoms with van der Waals surface area (Å²) >= 11 is 9.24. The summed E-state index contributed by atoms with van der Waals surface area (Å²) in [4.78, 5) is 8.70. The Balaban J connectivity index is 1.67. The van der Waals surface area contributed by atoms with Gasteiger partial charge in [0.15, 0.2) is 0 Å². The van der Waals surface area contributed by atoms with Crippen molar-refractivity contribution in [1.29, 1.82) is 0 Å². The summed E-state index contributed by atoms with van der Waals surface area (Å²) in [6.45, 7) is 2.02. The van der Waals surface area contributed by atoms with Crippen molar-refractivity contribution in [2.45, 2.75) is 24.3 Å². The molecule has 2 aromatic carbocycles. The van der Waals surface area contributed by atoms with Gasteiger partial charge in [-0.1, -0.05) is 29.8 Å². The smallest absolute Gasteiger partial charge is 0.240 e. The number of hydrogen-bond acceptors (Lipinski definition) is 7. The van der Waals surface area contributed by atoms with Crippen LogP contribution in [-0.2, 0) is 16.4 Å². The molecule has 3 aromatic rings. The van der Waals surface area contributed by atoms with E-state index >= 15 is 0 Å². The van der Waals surface area contributed by atoms with E-state index in [0.29, 0.717) is 27.4 Å². The van der Waals surface area contributed by atoms with E-state index < -0.39 is 10.0 Å². The number of anilines is 3. The Kier molecular flexibility index (Phi) is 8.44. The Morgan fingerprint density at radius 1 is 1.19 bits per heavy atom. The molecular formula is C21H23BrClN5O3S. The fraction of sp³-hybridized carbons (Fsp3) is 0.238. The number of benzene rings is 2. The SMILES string of the molecule is C[C@H](CO)Nc1nc(Nc2cccc(S(=O)(=O)NCCc3ccc(Cl)cc3)c2)ncc1Br. The number of halogens is 2. The predicted molar refractivity (Wildman–Crippen MR) is 130 cm³/mol. The number of aliphatic hydroxyl groups excluding tert-OH is 1. The van der Waals surface area contributed by atoms with Gasteiger partial charge in [0, 0.05) is 29.5 Å². The highest BCUT2D eigenvalue weighted by Gasteiger charge is 2.15. The molecule has 0 unspecified atom stereocenters. The molecule has 0 aliphatic heterocycles. The van der Waals surface area contributed by atoms with Crippen molar-refractivity contribution in [2.24, 2.45) is 0 Å². The first-order chi connectivity index (χ1) is 15.3. The third-order valence-electron chi connectivity index (χ3n) is 4.42. The van der Waals surface area contributed by atoms with Crippen molar-refractivity contribution in [3.63, 3.8) is 0 Å². The van der Waals surface area contributed by atoms with Gasteiger partial charge in [-0.2, -0.15) is 4.98 Å². The normalized spacial score (nSPS) is 12.4. The first kappa shape index (κ1) is 24.4. The van der Waals surface area contributed by atoms with Crippen LogP contribution in [0.3, 0.4) is 0 Å². The van der Waals surface area contributed by atoms with E-state index in [1.54, 1.807) is 30.5 Å². The maximum Gasteiger partial charge on any atom is 0.240 e. The molecule has 0 fully saturated rings. The summed E-state index contributed by atoms with van der Waals surface area (Å²) in [5.41, 5.74) is 1.51. The lowest BCUT2D eigenvalue weighted by Gasteiger charge is -2.14. The second-order valence-corrected chi connectivity index (χ2v) is 10.1. The molecule has 1 heterocycles. The molecule has 0 aliphatic carbocycles. The highest BCUT2D eigenvalue weighted by atomic mass is 79.9. The van der Waals surface area contributed by atoms with Crippen LogP contribution in [0.1, 0.15) is 12.5 Å². The van der Waals surface area contributed by atoms with Crippen LogP contribution in [0.5, 0.6) is 0 Å². The second kappa shape index (κ2) is 11.1. The average molecular weight is 541 g/mol. The zero-order chi connectivity index (χ0) is 23.1. The summed E-state index contributed by atoms with van der Waals surface area (Å²) in [6.07, 6.45) is 2.11. The van der Waals surface area contributed by atoms with Gasteiger partial charge >= 0.3 is 0 Å². The standard InChI is InChI=1S/C21H23BrClN5O3S/c1-14(13-29)26-20-19(22)12-24-21(28-20)27-17-3-2-4-18(11-17)32(30,31)25-10-9-15-5-7-16(23)8-6-15/h2-8,11-12,14,25,29H,9-10,13H2,1H3,(H2,24,26,27,28)/t14-/m1/s1. The molecule has 0 amide bonds. The van der Waals surface area contributed by atoms with Crippen LogP contribution in [0, 0.1) is 0 Å². The molecular weight excluding hydrogens is 518 g/mol. The highest BCUT2D eigenvalue weighted by Crippen LogP contribution is 2.23. The van der Waals surface area contributed by atoms with Gasteiger partial charge in [0.2, 0.25) is 16.0 Å². The molecule has 3 rings (SSSR count). The molecule has 4 N–H and O–H groups in total. The largest absolute Gasteiger partial charge is 0.394 e. The van der Waals surface area contributed by atoms with Crippen LogP contribution in [-0.4, -0.2) is 42.7 Å². The predicted octanol–water partition coefficient (Wildman–Crippen LogP) is 3.95. The Morgan fingerprint density at radius 2 is 1.94 bits per heavy atom. The summed E-state index contributed by atoms with van der Waals surface area (Å²) in [6, 6.07) is 13.5. The number of sulfonamides is 1. The lowest BCUT2D eigenvalue weighted by Crippen LogP contribution is -2.26. The Labute approximate surface area is 200 Å². The molecule has 8 nitrogen and oxygen atoms in total. The van der Waals surface area contributed by atoms with Gasteiger partial charge in [-0.05, 0) is 65.2 Å². The van der Waals surface area contributed by atoms with E-state index in [2.05, 4.69) is 41.3 Å². The number of aliphatic hydroxyl groups is 1. The van der Waals surface area contributed by atoms with Crippen molar-refractivity contribution in [3.05, 3.63) is 69.8 Å². The molecule has 1 aromatic heterocycles. The number of aromatic nitrogens is 2. The molecule has 0 saturated carbocycles. The monoisotopic (exact) mass is 539 g/mol. The van der Waals surface area contributed by atoms with Crippen LogP contribution in [0.4, 0.5) is 17.5 Å². The topological polar surface area (TPSA) is 116 Å². The van der Waals surface area contributed by atoms with Crippen molar-refractivity contribution < 1.29 is 13.5 Å². The van der Waals surface area contributed by atoms with Crippen molar-refractivity contribution in [3.8, 4) is 0 Å². The summed E-state index contributed by atoms with van der Waals surface area (Å²) in [5, 5.41) is 15.9. The lowest BCUT2D eigenvalue weighted by atomic mass is 10.2. The van der Waals surface area contributed by atoms with Crippen LogP contribution in [0.2, 0.25) is 5.02 Å². The van der Waals surface area contributed by atoms with E-state index in [1.807, 2.05) is 19.1 Å². The summed E-state index contributed by atoms with van der Waals surface area (Å²) < 4.78 is 28.7. The van der Waals surface area contributed by atoms with E-state index in [4.69, 9.17) is 11.6 Å². The molecule has 0 saturated heterocycles. The lowest BCUT2D eigenvalue weighted by molar-refractivity contribution is 0.281. The van der Waals surface area contributed by atoms with Gasteiger partial charge in [0.25, 0.3) is 0 Å². The summed E-state index contributed by atoms with van der Waals surface area (Å²) in [5.74, 6) is 0.794. The van der Waals surface area contributed by atoms with Gasteiger partial charge in [0.05, 0.1) is 16.0 Å². The third-order valence-corrected chi connectivity index (χ3v) is 6.71. The molecule has 1 atom stereocenters. The summed E-state index contributed by atoms with van der Waals surface area (Å²) in [7, 11) is -3.69. The first-order valence-electron chi connectivity index (χ1n) is 9.78. The zero-order valence-corrected chi connectivity index (χ0v) is 20.4. The Hall–Kier alpha value is -2.24. The number of nitrogens with zero attached hydrogens (tertiary/aromatic N) is 2. The van der Waals surface area contributed by atoms with Gasteiger partial charge in [-0.25, -0.2) is 18.1 Å². The molecule has 32 heavy (non-hydrogen) atoms. The van der Waals surface area contributed by atoms with E-state index in [9.17, 15) is 13.5 Å². The maximum absolute atomic E-state index is 12.7. The molecule has 170 valence electrons. The molecule has 0 radical (unpaired) electrons. The van der Waals surface area contributed by atoms with Crippen molar-refractivity contribution in [1.82, 2.24) is 14.7 Å². The fourth-order valence-electron chi connectivity index (χ4n) is 2.74. The Morgan fingerprint density at radius 3 is 2.66 bits per heavy atom. The third kappa shape index (κ3) is 6.88. The van der Waals surface area contributed by atoms with Crippen LogP contribution in [0.15, 0.2) is 64.1 Å². The van der Waals surface area contributed by atoms with E-state index in [1.165, 1.54) is 12.1 Å². The highest BCUT2D eigenvalue weighted by molar-refractivity contribution is 9.10. The number of hydrogen-bond donors (Lipinski definition) is 4. The van der Waals surface area contributed by atoms with Crippen molar-refractivity contribution in [2.75, 3.05) is 23.8 Å². The van der Waals surface area contributed by atoms with E-state index in [0.717, 1.165) is 5.56 Å². The van der Waals surface area contributed by atoms with Gasteiger partial charge < -0.3 is 15.7 Å². The minimum Gasteiger partial charge on any atom is -0.394 e. The quantitative estimate of drug-likeness (QED) is 0.308. The maximum atomic E-state index is 12.7. The number of nitrogens with one attached hydrogen (secondary N) is 3. The molecule has 0 bridgehead atoms.